The minimum absolute atomic E-state index is 0.119. The van der Waals surface area contributed by atoms with E-state index < -0.39 is 12.6 Å². The lowest BCUT2D eigenvalue weighted by Crippen LogP contribution is -2.40. The molecule has 1 aliphatic rings. The summed E-state index contributed by atoms with van der Waals surface area (Å²) in [6.45, 7) is 0.936. The van der Waals surface area contributed by atoms with Crippen LogP contribution in [-0.4, -0.2) is 59.7 Å². The van der Waals surface area contributed by atoms with Crippen molar-refractivity contribution in [3.8, 4) is 0 Å². The van der Waals surface area contributed by atoms with Crippen molar-refractivity contribution < 1.29 is 19.4 Å². The molecule has 0 spiro atoms. The fraction of sp³-hybridized carbons (Fsp3) is 0.750. The number of aliphatic carboxylic acids is 1. The summed E-state index contributed by atoms with van der Waals surface area (Å²) in [6, 6.07) is 0. The maximum Gasteiger partial charge on any atom is 0.329 e. The molecule has 1 fully saturated rings. The molecule has 0 aromatic heterocycles. The van der Waals surface area contributed by atoms with Crippen molar-refractivity contribution in [3.05, 3.63) is 0 Å². The average molecular weight is 219 g/mol. The zero-order valence-electron chi connectivity index (χ0n) is 7.77. The Morgan fingerprint density at radius 2 is 1.93 bits per heavy atom. The molecule has 5 nitrogen and oxygen atoms in total. The molecule has 0 aliphatic carbocycles. The van der Waals surface area contributed by atoms with Gasteiger partial charge in [0, 0.05) is 24.6 Å². The van der Waals surface area contributed by atoms with Gasteiger partial charge in [0.1, 0.15) is 13.2 Å². The van der Waals surface area contributed by atoms with E-state index >= 15 is 0 Å². The van der Waals surface area contributed by atoms with Crippen molar-refractivity contribution >= 4 is 23.6 Å². The first-order valence-corrected chi connectivity index (χ1v) is 5.50. The third-order valence-electron chi connectivity index (χ3n) is 1.81. The van der Waals surface area contributed by atoms with E-state index in [2.05, 4.69) is 0 Å². The molecular weight excluding hydrogens is 206 g/mol. The van der Waals surface area contributed by atoms with Crippen LogP contribution >= 0.6 is 11.8 Å². The topological polar surface area (TPSA) is 66.8 Å². The summed E-state index contributed by atoms with van der Waals surface area (Å²) in [5.74, 6) is 0.730. The predicted octanol–water partition coefficient (Wildman–Crippen LogP) is -0.337. The SMILES string of the molecule is O=C(O)COCC(=O)N1CCSCC1. The molecule has 1 aliphatic heterocycles. The Hall–Kier alpha value is -0.750. The summed E-state index contributed by atoms with van der Waals surface area (Å²) in [4.78, 5) is 23.2. The van der Waals surface area contributed by atoms with Crippen LogP contribution in [-0.2, 0) is 14.3 Å². The van der Waals surface area contributed by atoms with Crippen LogP contribution < -0.4 is 0 Å². The highest BCUT2D eigenvalue weighted by atomic mass is 32.2. The minimum atomic E-state index is -1.05. The Labute approximate surface area is 86.4 Å². The molecule has 1 heterocycles. The summed E-state index contributed by atoms with van der Waals surface area (Å²) in [5.41, 5.74) is 0. The van der Waals surface area contributed by atoms with E-state index in [1.54, 1.807) is 4.90 Å². The highest BCUT2D eigenvalue weighted by molar-refractivity contribution is 7.99. The van der Waals surface area contributed by atoms with Gasteiger partial charge < -0.3 is 14.7 Å². The number of nitrogens with zero attached hydrogens (tertiary/aromatic N) is 1. The molecule has 1 rings (SSSR count). The van der Waals surface area contributed by atoms with Gasteiger partial charge in [0.15, 0.2) is 0 Å². The number of carbonyl (C=O) groups excluding carboxylic acids is 1. The van der Waals surface area contributed by atoms with Gasteiger partial charge in [0.25, 0.3) is 0 Å². The first-order chi connectivity index (χ1) is 6.70. The van der Waals surface area contributed by atoms with Gasteiger partial charge >= 0.3 is 5.97 Å². The quantitative estimate of drug-likeness (QED) is 0.701. The normalized spacial score (nSPS) is 16.7. The van der Waals surface area contributed by atoms with Crippen molar-refractivity contribution in [1.29, 1.82) is 0 Å². The number of hydrogen-bond acceptors (Lipinski definition) is 4. The van der Waals surface area contributed by atoms with E-state index in [-0.39, 0.29) is 12.5 Å². The van der Waals surface area contributed by atoms with Gasteiger partial charge in [0.2, 0.25) is 5.91 Å². The molecule has 14 heavy (non-hydrogen) atoms. The maximum atomic E-state index is 11.4. The van der Waals surface area contributed by atoms with Crippen LogP contribution in [0.15, 0.2) is 0 Å². The van der Waals surface area contributed by atoms with Crippen LogP contribution in [0.1, 0.15) is 0 Å². The Morgan fingerprint density at radius 3 is 2.50 bits per heavy atom. The summed E-state index contributed by atoms with van der Waals surface area (Å²) in [6.07, 6.45) is 0. The Kier molecular flexibility index (Phi) is 4.75. The minimum Gasteiger partial charge on any atom is -0.480 e. The van der Waals surface area contributed by atoms with Gasteiger partial charge in [-0.05, 0) is 0 Å². The second-order valence-electron chi connectivity index (χ2n) is 2.88. The summed E-state index contributed by atoms with van der Waals surface area (Å²) in [7, 11) is 0. The molecule has 0 saturated carbocycles. The van der Waals surface area contributed by atoms with Crippen molar-refractivity contribution in [2.24, 2.45) is 0 Å². The van der Waals surface area contributed by atoms with Crippen molar-refractivity contribution in [1.82, 2.24) is 4.90 Å². The van der Waals surface area contributed by atoms with E-state index in [4.69, 9.17) is 9.84 Å². The van der Waals surface area contributed by atoms with Crippen LogP contribution in [0, 0.1) is 0 Å². The lowest BCUT2D eigenvalue weighted by molar-refractivity contribution is -0.145. The van der Waals surface area contributed by atoms with Gasteiger partial charge in [-0.25, -0.2) is 4.79 Å². The molecule has 0 unspecified atom stereocenters. The van der Waals surface area contributed by atoms with Gasteiger partial charge in [0.05, 0.1) is 0 Å². The largest absolute Gasteiger partial charge is 0.480 e. The summed E-state index contributed by atoms with van der Waals surface area (Å²) < 4.78 is 4.71. The molecule has 0 atom stereocenters. The van der Waals surface area contributed by atoms with Crippen molar-refractivity contribution in [3.63, 3.8) is 0 Å². The monoisotopic (exact) mass is 219 g/mol. The van der Waals surface area contributed by atoms with E-state index in [1.807, 2.05) is 11.8 Å². The Bertz CT molecular complexity index is 215. The molecule has 80 valence electrons. The van der Waals surface area contributed by atoms with Crippen LogP contribution in [0.2, 0.25) is 0 Å². The van der Waals surface area contributed by atoms with Crippen molar-refractivity contribution in [2.45, 2.75) is 0 Å². The maximum absolute atomic E-state index is 11.4. The number of thioether (sulfide) groups is 1. The molecule has 1 amide bonds. The molecule has 0 radical (unpaired) electrons. The number of rotatable bonds is 4. The van der Waals surface area contributed by atoms with Gasteiger partial charge in [-0.15, -0.1) is 0 Å². The van der Waals surface area contributed by atoms with Crippen LogP contribution in [0.5, 0.6) is 0 Å². The predicted molar refractivity (Wildman–Crippen MR) is 52.4 cm³/mol. The second kappa shape index (κ2) is 5.87. The third kappa shape index (κ3) is 3.97. The van der Waals surface area contributed by atoms with E-state index in [1.165, 1.54) is 0 Å². The molecule has 0 aromatic rings. The van der Waals surface area contributed by atoms with E-state index in [0.717, 1.165) is 24.6 Å². The van der Waals surface area contributed by atoms with Crippen LogP contribution in [0.3, 0.4) is 0 Å². The van der Waals surface area contributed by atoms with Gasteiger partial charge in [-0.2, -0.15) is 11.8 Å². The molecule has 0 aromatic carbocycles. The number of carbonyl (C=O) groups is 2. The number of amides is 1. The fourth-order valence-corrected chi connectivity index (χ4v) is 2.03. The van der Waals surface area contributed by atoms with Crippen LogP contribution in [0.4, 0.5) is 0 Å². The highest BCUT2D eigenvalue weighted by Crippen LogP contribution is 2.08. The second-order valence-corrected chi connectivity index (χ2v) is 4.10. The molecular formula is C8H13NO4S. The molecule has 1 N–H and O–H groups in total. The van der Waals surface area contributed by atoms with Gasteiger partial charge in [-0.1, -0.05) is 0 Å². The number of carboxylic acid groups (broad SMARTS) is 1. The number of hydrogen-bond donors (Lipinski definition) is 1. The lowest BCUT2D eigenvalue weighted by Gasteiger charge is -2.26. The third-order valence-corrected chi connectivity index (χ3v) is 2.76. The Morgan fingerprint density at radius 1 is 1.29 bits per heavy atom. The molecule has 0 bridgehead atoms. The molecule has 6 heteroatoms. The van der Waals surface area contributed by atoms with Crippen LogP contribution in [0.25, 0.3) is 0 Å². The molecule has 1 saturated heterocycles. The van der Waals surface area contributed by atoms with E-state index in [0.29, 0.717) is 0 Å². The first-order valence-electron chi connectivity index (χ1n) is 4.35. The zero-order valence-corrected chi connectivity index (χ0v) is 8.59. The Balaban J connectivity index is 2.16. The highest BCUT2D eigenvalue weighted by Gasteiger charge is 2.16. The number of ether oxygens (including phenoxy) is 1. The zero-order chi connectivity index (χ0) is 10.4. The average Bonchev–Trinajstić information content (AvgIpc) is 2.18. The fourth-order valence-electron chi connectivity index (χ4n) is 1.13. The van der Waals surface area contributed by atoms with E-state index in [9.17, 15) is 9.59 Å². The van der Waals surface area contributed by atoms with Gasteiger partial charge in [-0.3, -0.25) is 4.79 Å². The smallest absolute Gasteiger partial charge is 0.329 e. The standard InChI is InChI=1S/C8H13NO4S/c10-7(5-13-6-8(11)12)9-1-3-14-4-2-9/h1-6H2,(H,11,12). The number of carboxylic acids is 1. The summed E-state index contributed by atoms with van der Waals surface area (Å²) in [5, 5.41) is 8.28. The van der Waals surface area contributed by atoms with Crippen molar-refractivity contribution in [2.75, 3.05) is 37.8 Å². The lowest BCUT2D eigenvalue weighted by atomic mass is 10.4. The first kappa shape index (κ1) is 11.3. The summed E-state index contributed by atoms with van der Waals surface area (Å²) >= 11 is 1.82.